The highest BCUT2D eigenvalue weighted by Gasteiger charge is 2.10. The maximum atomic E-state index is 11.5. The number of amides is 1. The first-order valence-corrected chi connectivity index (χ1v) is 5.60. The van der Waals surface area contributed by atoms with Gasteiger partial charge in [0.05, 0.1) is 6.04 Å². The van der Waals surface area contributed by atoms with E-state index in [2.05, 4.69) is 11.4 Å². The molecule has 0 aliphatic rings. The van der Waals surface area contributed by atoms with Gasteiger partial charge in [-0.15, -0.1) is 0 Å². The van der Waals surface area contributed by atoms with Crippen LogP contribution in [-0.2, 0) is 4.79 Å². The number of rotatable bonds is 4. The molecule has 0 aromatic heterocycles. The lowest BCUT2D eigenvalue weighted by Crippen LogP contribution is -2.31. The first kappa shape index (κ1) is 12.7. The summed E-state index contributed by atoms with van der Waals surface area (Å²) in [6.07, 6.45) is 0.371. The minimum atomic E-state index is -0.0929. The van der Waals surface area contributed by atoms with Crippen LogP contribution in [0.2, 0.25) is 0 Å². The molecule has 88 valence electrons. The number of nitrogens with one attached hydrogen (secondary N) is 1. The summed E-state index contributed by atoms with van der Waals surface area (Å²) >= 11 is 0. The first-order valence-electron chi connectivity index (χ1n) is 5.60. The normalized spacial score (nSPS) is 14.2. The second kappa shape index (κ2) is 5.66. The van der Waals surface area contributed by atoms with Crippen molar-refractivity contribution in [1.82, 2.24) is 5.32 Å². The molecule has 3 heteroatoms. The summed E-state index contributed by atoms with van der Waals surface area (Å²) in [7, 11) is 0. The second-order valence-electron chi connectivity index (χ2n) is 4.38. The number of benzene rings is 1. The Morgan fingerprint density at radius 3 is 2.69 bits per heavy atom. The third-order valence-corrected chi connectivity index (χ3v) is 2.43. The summed E-state index contributed by atoms with van der Waals surface area (Å²) < 4.78 is 0. The van der Waals surface area contributed by atoms with Crippen molar-refractivity contribution < 1.29 is 4.79 Å². The molecule has 1 rings (SSSR count). The smallest absolute Gasteiger partial charge is 0.222 e. The van der Waals surface area contributed by atoms with Crippen molar-refractivity contribution in [3.05, 3.63) is 35.4 Å². The number of carbonyl (C=O) groups is 1. The van der Waals surface area contributed by atoms with Gasteiger partial charge in [-0.3, -0.25) is 4.79 Å². The molecule has 0 saturated heterocycles. The number of nitrogens with two attached hydrogens (primary N) is 1. The van der Waals surface area contributed by atoms with Crippen LogP contribution in [0.15, 0.2) is 24.3 Å². The molecule has 1 amide bonds. The van der Waals surface area contributed by atoms with Gasteiger partial charge in [-0.2, -0.15) is 0 Å². The minimum absolute atomic E-state index is 0.00371. The molecule has 1 aromatic rings. The maximum Gasteiger partial charge on any atom is 0.222 e. The van der Waals surface area contributed by atoms with E-state index in [1.165, 1.54) is 5.56 Å². The molecule has 0 heterocycles. The highest BCUT2D eigenvalue weighted by Crippen LogP contribution is 2.13. The lowest BCUT2D eigenvalue weighted by atomic mass is 10.1. The molecule has 0 saturated carbocycles. The van der Waals surface area contributed by atoms with E-state index in [-0.39, 0.29) is 18.0 Å². The molecule has 2 atom stereocenters. The van der Waals surface area contributed by atoms with Gasteiger partial charge in [-0.05, 0) is 26.3 Å². The number of carbonyl (C=O) groups excluding carboxylic acids is 1. The Kier molecular flexibility index (Phi) is 4.50. The SMILES string of the molecule is Cc1cccc([C@H](C)NC(=O)CC(C)N)c1. The Morgan fingerprint density at radius 2 is 2.12 bits per heavy atom. The topological polar surface area (TPSA) is 55.1 Å². The Hall–Kier alpha value is -1.35. The minimum Gasteiger partial charge on any atom is -0.350 e. The van der Waals surface area contributed by atoms with Gasteiger partial charge < -0.3 is 11.1 Å². The predicted molar refractivity (Wildman–Crippen MR) is 66.0 cm³/mol. The summed E-state index contributed by atoms with van der Waals surface area (Å²) in [6, 6.07) is 8.08. The van der Waals surface area contributed by atoms with Crippen molar-refractivity contribution in [1.29, 1.82) is 0 Å². The molecule has 0 fully saturated rings. The van der Waals surface area contributed by atoms with Crippen molar-refractivity contribution >= 4 is 5.91 Å². The standard InChI is InChI=1S/C13H20N2O/c1-9-5-4-6-12(7-9)11(3)15-13(16)8-10(2)14/h4-7,10-11H,8,14H2,1-3H3,(H,15,16)/t10?,11-/m0/s1. The number of aryl methyl sites for hydroxylation is 1. The number of hydrogen-bond donors (Lipinski definition) is 2. The van der Waals surface area contributed by atoms with Gasteiger partial charge in [0.25, 0.3) is 0 Å². The summed E-state index contributed by atoms with van der Waals surface area (Å²) in [5.74, 6) is 0.00371. The third-order valence-electron chi connectivity index (χ3n) is 2.43. The van der Waals surface area contributed by atoms with Crippen LogP contribution in [0, 0.1) is 6.92 Å². The Bertz CT molecular complexity index is 361. The van der Waals surface area contributed by atoms with Crippen LogP contribution in [0.25, 0.3) is 0 Å². The fourth-order valence-electron chi connectivity index (χ4n) is 1.62. The van der Waals surface area contributed by atoms with Gasteiger partial charge in [-0.1, -0.05) is 29.8 Å². The lowest BCUT2D eigenvalue weighted by Gasteiger charge is -2.15. The Labute approximate surface area is 97.0 Å². The van der Waals surface area contributed by atoms with Crippen molar-refractivity contribution in [3.8, 4) is 0 Å². The highest BCUT2D eigenvalue weighted by molar-refractivity contribution is 5.76. The van der Waals surface area contributed by atoms with Crippen LogP contribution in [0.4, 0.5) is 0 Å². The van der Waals surface area contributed by atoms with Gasteiger partial charge in [0.2, 0.25) is 5.91 Å². The lowest BCUT2D eigenvalue weighted by molar-refractivity contribution is -0.122. The van der Waals surface area contributed by atoms with E-state index in [9.17, 15) is 4.79 Å². The zero-order valence-corrected chi connectivity index (χ0v) is 10.2. The van der Waals surface area contributed by atoms with E-state index in [0.717, 1.165) is 5.56 Å². The van der Waals surface area contributed by atoms with E-state index in [4.69, 9.17) is 5.73 Å². The van der Waals surface area contributed by atoms with Gasteiger partial charge in [0.1, 0.15) is 0 Å². The number of hydrogen-bond acceptors (Lipinski definition) is 2. The van der Waals surface area contributed by atoms with Crippen LogP contribution >= 0.6 is 0 Å². The van der Waals surface area contributed by atoms with E-state index in [1.807, 2.05) is 39.0 Å². The summed E-state index contributed by atoms with van der Waals surface area (Å²) in [5.41, 5.74) is 7.89. The van der Waals surface area contributed by atoms with E-state index in [1.54, 1.807) is 0 Å². The molecule has 3 nitrogen and oxygen atoms in total. The first-order chi connectivity index (χ1) is 7.49. The van der Waals surface area contributed by atoms with Gasteiger partial charge in [0, 0.05) is 12.5 Å². The van der Waals surface area contributed by atoms with Gasteiger partial charge in [-0.25, -0.2) is 0 Å². The monoisotopic (exact) mass is 220 g/mol. The largest absolute Gasteiger partial charge is 0.350 e. The van der Waals surface area contributed by atoms with E-state index < -0.39 is 0 Å². The van der Waals surface area contributed by atoms with Crippen molar-refractivity contribution in [2.45, 2.75) is 39.3 Å². The fraction of sp³-hybridized carbons (Fsp3) is 0.462. The average Bonchev–Trinajstić information content (AvgIpc) is 2.16. The Balaban J connectivity index is 2.58. The van der Waals surface area contributed by atoms with Crippen LogP contribution in [0.3, 0.4) is 0 Å². The molecule has 0 radical (unpaired) electrons. The highest BCUT2D eigenvalue weighted by atomic mass is 16.1. The zero-order chi connectivity index (χ0) is 12.1. The van der Waals surface area contributed by atoms with Gasteiger partial charge in [0.15, 0.2) is 0 Å². The molecule has 1 unspecified atom stereocenters. The molecule has 16 heavy (non-hydrogen) atoms. The fourth-order valence-corrected chi connectivity index (χ4v) is 1.62. The summed E-state index contributed by atoms with van der Waals surface area (Å²) in [4.78, 5) is 11.5. The van der Waals surface area contributed by atoms with Crippen LogP contribution in [0.1, 0.15) is 37.4 Å². The zero-order valence-electron chi connectivity index (χ0n) is 10.2. The van der Waals surface area contributed by atoms with Crippen molar-refractivity contribution in [3.63, 3.8) is 0 Å². The third kappa shape index (κ3) is 4.03. The Morgan fingerprint density at radius 1 is 1.44 bits per heavy atom. The molecular weight excluding hydrogens is 200 g/mol. The van der Waals surface area contributed by atoms with Crippen LogP contribution in [0.5, 0.6) is 0 Å². The second-order valence-corrected chi connectivity index (χ2v) is 4.38. The van der Waals surface area contributed by atoms with E-state index in [0.29, 0.717) is 6.42 Å². The summed E-state index contributed by atoms with van der Waals surface area (Å²) in [6.45, 7) is 5.85. The summed E-state index contributed by atoms with van der Waals surface area (Å²) in [5, 5.41) is 2.94. The van der Waals surface area contributed by atoms with Crippen LogP contribution in [-0.4, -0.2) is 11.9 Å². The molecule has 0 aliphatic heterocycles. The van der Waals surface area contributed by atoms with Crippen molar-refractivity contribution in [2.75, 3.05) is 0 Å². The average molecular weight is 220 g/mol. The molecule has 0 bridgehead atoms. The molecular formula is C13H20N2O. The van der Waals surface area contributed by atoms with Crippen LogP contribution < -0.4 is 11.1 Å². The molecule has 3 N–H and O–H groups in total. The van der Waals surface area contributed by atoms with Crippen molar-refractivity contribution in [2.24, 2.45) is 5.73 Å². The predicted octanol–water partition coefficient (Wildman–Crippen LogP) is 1.91. The molecule has 0 spiro atoms. The van der Waals surface area contributed by atoms with E-state index >= 15 is 0 Å². The maximum absolute atomic E-state index is 11.5. The molecule has 0 aliphatic carbocycles. The quantitative estimate of drug-likeness (QED) is 0.814. The molecule has 1 aromatic carbocycles. The van der Waals surface area contributed by atoms with Gasteiger partial charge >= 0.3 is 0 Å².